The predicted octanol–water partition coefficient (Wildman–Crippen LogP) is 1.27. The molecule has 7 nitrogen and oxygen atoms in total. The third-order valence-electron chi connectivity index (χ3n) is 5.06. The first-order valence-electron chi connectivity index (χ1n) is 7.84. The van der Waals surface area contributed by atoms with Crippen LogP contribution in [0.4, 0.5) is 0 Å². The molecule has 1 aromatic carbocycles. The number of carbonyl (C=O) groups excluding carboxylic acids is 1. The van der Waals surface area contributed by atoms with Crippen molar-refractivity contribution in [1.82, 2.24) is 4.90 Å². The van der Waals surface area contributed by atoms with Crippen molar-refractivity contribution in [3.05, 3.63) is 23.8 Å². The summed E-state index contributed by atoms with van der Waals surface area (Å²) >= 11 is 0. The van der Waals surface area contributed by atoms with E-state index in [2.05, 4.69) is 0 Å². The highest BCUT2D eigenvalue weighted by Crippen LogP contribution is 2.43. The van der Waals surface area contributed by atoms with Crippen LogP contribution in [0.5, 0.6) is 11.5 Å². The fourth-order valence-corrected chi connectivity index (χ4v) is 3.60. The molecule has 2 aliphatic rings. The Morgan fingerprint density at radius 1 is 1.33 bits per heavy atom. The molecule has 0 spiro atoms. The Hall–Kier alpha value is -2.28. The number of methoxy groups -OCH3 is 2. The van der Waals surface area contributed by atoms with E-state index in [1.54, 1.807) is 23.1 Å². The molecule has 0 unspecified atom stereocenters. The molecule has 3 rings (SSSR count). The van der Waals surface area contributed by atoms with E-state index in [4.69, 9.17) is 14.2 Å². The number of carbonyl (C=O) groups is 2. The summed E-state index contributed by atoms with van der Waals surface area (Å²) in [6.45, 7) is 1.36. The topological polar surface area (TPSA) is 85.3 Å². The summed E-state index contributed by atoms with van der Waals surface area (Å²) in [5.41, 5.74) is -0.508. The number of hydrogen-bond acceptors (Lipinski definition) is 5. The summed E-state index contributed by atoms with van der Waals surface area (Å²) in [4.78, 5) is 26.3. The molecule has 2 heterocycles. The van der Waals surface area contributed by atoms with Crippen LogP contribution in [0.15, 0.2) is 18.2 Å². The first-order valence-corrected chi connectivity index (χ1v) is 7.84. The Morgan fingerprint density at radius 2 is 2.12 bits per heavy atom. The van der Waals surface area contributed by atoms with Crippen LogP contribution in [0.3, 0.4) is 0 Å². The Balaban J connectivity index is 1.88. The molecule has 0 aromatic heterocycles. The van der Waals surface area contributed by atoms with E-state index in [9.17, 15) is 14.7 Å². The van der Waals surface area contributed by atoms with Crippen molar-refractivity contribution in [2.75, 3.05) is 40.5 Å². The summed E-state index contributed by atoms with van der Waals surface area (Å²) < 4.78 is 15.9. The molecule has 2 aliphatic heterocycles. The highest BCUT2D eigenvalue weighted by molar-refractivity contribution is 5.98. The van der Waals surface area contributed by atoms with Gasteiger partial charge in [-0.3, -0.25) is 9.59 Å². The molecule has 2 saturated heterocycles. The van der Waals surface area contributed by atoms with Gasteiger partial charge in [-0.2, -0.15) is 0 Å². The van der Waals surface area contributed by atoms with Crippen LogP contribution in [0.2, 0.25) is 0 Å². The molecule has 1 aromatic rings. The van der Waals surface area contributed by atoms with Gasteiger partial charge in [0, 0.05) is 31.7 Å². The van der Waals surface area contributed by atoms with E-state index in [1.165, 1.54) is 14.2 Å². The second-order valence-corrected chi connectivity index (χ2v) is 6.24. The zero-order valence-electron chi connectivity index (χ0n) is 13.8. The SMILES string of the molecule is COc1ccc(C(=O)N2C[C@H]3COCC[C@@]3(C(=O)O)C2)c(OC)c1. The monoisotopic (exact) mass is 335 g/mol. The molecule has 2 atom stereocenters. The molecule has 130 valence electrons. The van der Waals surface area contributed by atoms with Crippen LogP contribution in [0.25, 0.3) is 0 Å². The van der Waals surface area contributed by atoms with E-state index in [-0.39, 0.29) is 18.4 Å². The van der Waals surface area contributed by atoms with E-state index in [0.717, 1.165) is 0 Å². The highest BCUT2D eigenvalue weighted by atomic mass is 16.5. The van der Waals surface area contributed by atoms with E-state index >= 15 is 0 Å². The number of fused-ring (bicyclic) bond motifs is 1. The molecular formula is C17H21NO6. The number of carboxylic acids is 1. The fourth-order valence-electron chi connectivity index (χ4n) is 3.60. The standard InChI is InChI=1S/C17H21NO6/c1-22-12-3-4-13(14(7-12)23-2)15(19)18-8-11-9-24-6-5-17(11,10-18)16(20)21/h3-4,7,11H,5-6,8-10H2,1-2H3,(H,20,21)/t11-,17+/m0/s1. The summed E-state index contributed by atoms with van der Waals surface area (Å²) in [7, 11) is 3.03. The van der Waals surface area contributed by atoms with Gasteiger partial charge < -0.3 is 24.2 Å². The number of aliphatic carboxylic acids is 1. The van der Waals surface area contributed by atoms with E-state index < -0.39 is 11.4 Å². The van der Waals surface area contributed by atoms with Gasteiger partial charge in [-0.15, -0.1) is 0 Å². The second kappa shape index (κ2) is 6.32. The average Bonchev–Trinajstić information content (AvgIpc) is 3.01. The predicted molar refractivity (Wildman–Crippen MR) is 84.4 cm³/mol. The van der Waals surface area contributed by atoms with Gasteiger partial charge in [0.25, 0.3) is 5.91 Å². The third kappa shape index (κ3) is 2.58. The van der Waals surface area contributed by atoms with E-state index in [1.807, 2.05) is 0 Å². The number of ether oxygens (including phenoxy) is 3. The quantitative estimate of drug-likeness (QED) is 0.892. The van der Waals surface area contributed by atoms with Gasteiger partial charge in [0.05, 0.1) is 31.8 Å². The molecule has 0 bridgehead atoms. The fraction of sp³-hybridized carbons (Fsp3) is 0.529. The molecular weight excluding hydrogens is 314 g/mol. The van der Waals surface area contributed by atoms with Gasteiger partial charge in [0.15, 0.2) is 0 Å². The number of likely N-dealkylation sites (tertiary alicyclic amines) is 1. The highest BCUT2D eigenvalue weighted by Gasteiger charge is 2.55. The van der Waals surface area contributed by atoms with Crippen molar-refractivity contribution in [2.45, 2.75) is 6.42 Å². The lowest BCUT2D eigenvalue weighted by atomic mass is 9.74. The minimum absolute atomic E-state index is 0.183. The van der Waals surface area contributed by atoms with Crippen molar-refractivity contribution < 1.29 is 28.9 Å². The van der Waals surface area contributed by atoms with Crippen LogP contribution in [-0.4, -0.2) is 62.4 Å². The lowest BCUT2D eigenvalue weighted by molar-refractivity contribution is -0.157. The first kappa shape index (κ1) is 16.6. The van der Waals surface area contributed by atoms with Crippen molar-refractivity contribution in [3.8, 4) is 11.5 Å². The lowest BCUT2D eigenvalue weighted by Gasteiger charge is -2.33. The van der Waals surface area contributed by atoms with Crippen LogP contribution >= 0.6 is 0 Å². The maximum Gasteiger partial charge on any atom is 0.311 e. The van der Waals surface area contributed by atoms with Gasteiger partial charge in [0.1, 0.15) is 11.5 Å². The molecule has 7 heteroatoms. The minimum Gasteiger partial charge on any atom is -0.497 e. The molecule has 2 fully saturated rings. The molecule has 1 amide bonds. The Bertz CT molecular complexity index is 660. The Morgan fingerprint density at radius 3 is 2.75 bits per heavy atom. The van der Waals surface area contributed by atoms with Crippen LogP contribution in [-0.2, 0) is 9.53 Å². The number of amides is 1. The smallest absolute Gasteiger partial charge is 0.311 e. The lowest BCUT2D eigenvalue weighted by Crippen LogP contribution is -2.45. The second-order valence-electron chi connectivity index (χ2n) is 6.24. The summed E-state index contributed by atoms with van der Waals surface area (Å²) in [6.07, 6.45) is 0.427. The molecule has 1 N–H and O–H groups in total. The van der Waals surface area contributed by atoms with Crippen LogP contribution < -0.4 is 9.47 Å². The molecule has 24 heavy (non-hydrogen) atoms. The zero-order valence-corrected chi connectivity index (χ0v) is 13.8. The number of rotatable bonds is 4. The normalized spacial score (nSPS) is 25.9. The van der Waals surface area contributed by atoms with E-state index in [0.29, 0.717) is 43.2 Å². The maximum absolute atomic E-state index is 12.9. The summed E-state index contributed by atoms with van der Waals surface area (Å²) in [5, 5.41) is 9.70. The number of hydrogen-bond donors (Lipinski definition) is 1. The van der Waals surface area contributed by atoms with Gasteiger partial charge in [-0.1, -0.05) is 0 Å². The van der Waals surface area contributed by atoms with Crippen molar-refractivity contribution in [3.63, 3.8) is 0 Å². The van der Waals surface area contributed by atoms with Gasteiger partial charge in [-0.25, -0.2) is 0 Å². The Labute approximate surface area is 140 Å². The number of benzene rings is 1. The van der Waals surface area contributed by atoms with Gasteiger partial charge in [0.2, 0.25) is 0 Å². The first-order chi connectivity index (χ1) is 11.5. The number of nitrogens with zero attached hydrogens (tertiary/aromatic N) is 1. The van der Waals surface area contributed by atoms with Crippen molar-refractivity contribution in [2.24, 2.45) is 11.3 Å². The molecule has 0 aliphatic carbocycles. The maximum atomic E-state index is 12.9. The van der Waals surface area contributed by atoms with Crippen molar-refractivity contribution >= 4 is 11.9 Å². The van der Waals surface area contributed by atoms with Crippen LogP contribution in [0, 0.1) is 11.3 Å². The number of carboxylic acid groups (broad SMARTS) is 1. The summed E-state index contributed by atoms with van der Waals surface area (Å²) in [6, 6.07) is 4.98. The molecule has 0 radical (unpaired) electrons. The minimum atomic E-state index is -0.909. The Kier molecular flexibility index (Phi) is 4.36. The van der Waals surface area contributed by atoms with Gasteiger partial charge in [-0.05, 0) is 18.6 Å². The summed E-state index contributed by atoms with van der Waals surface area (Å²) in [5.74, 6) is -0.266. The molecule has 0 saturated carbocycles. The zero-order chi connectivity index (χ0) is 17.3. The largest absolute Gasteiger partial charge is 0.497 e. The van der Waals surface area contributed by atoms with Gasteiger partial charge >= 0.3 is 5.97 Å². The van der Waals surface area contributed by atoms with Crippen LogP contribution in [0.1, 0.15) is 16.8 Å². The average molecular weight is 335 g/mol. The third-order valence-corrected chi connectivity index (χ3v) is 5.06. The van der Waals surface area contributed by atoms with Crippen molar-refractivity contribution in [1.29, 1.82) is 0 Å².